The van der Waals surface area contributed by atoms with Crippen LogP contribution in [0.5, 0.6) is 0 Å². The van der Waals surface area contributed by atoms with Gasteiger partial charge in [-0.2, -0.15) is 0 Å². The van der Waals surface area contributed by atoms with E-state index < -0.39 is 0 Å². The number of benzene rings is 2. The molecule has 5 nitrogen and oxygen atoms in total. The van der Waals surface area contributed by atoms with Crippen molar-refractivity contribution in [1.82, 2.24) is 9.97 Å². The number of amides is 1. The number of rotatable bonds is 6. The summed E-state index contributed by atoms with van der Waals surface area (Å²) in [5, 5.41) is 5.35. The molecule has 0 saturated heterocycles. The van der Waals surface area contributed by atoms with Crippen LogP contribution >= 0.6 is 34.7 Å². The van der Waals surface area contributed by atoms with Crippen LogP contribution in [-0.4, -0.2) is 27.4 Å². The highest BCUT2D eigenvalue weighted by molar-refractivity contribution is 8.00. The number of thiophene rings is 1. The molecular weight excluding hydrogens is 486 g/mol. The molecule has 2 heterocycles. The van der Waals surface area contributed by atoms with Crippen LogP contribution < -0.4 is 5.32 Å². The Hall–Kier alpha value is -2.74. The number of aryl methyl sites for hydroxylation is 2. The Labute approximate surface area is 211 Å². The minimum absolute atomic E-state index is 0.0169. The summed E-state index contributed by atoms with van der Waals surface area (Å²) in [6.45, 7) is 1.46. The minimum Gasteiger partial charge on any atom is -0.326 e. The molecule has 4 aromatic rings. The van der Waals surface area contributed by atoms with Crippen LogP contribution in [0.15, 0.2) is 53.6 Å². The first-order chi connectivity index (χ1) is 16.5. The monoisotopic (exact) mass is 507 g/mol. The van der Waals surface area contributed by atoms with Gasteiger partial charge >= 0.3 is 0 Å². The standard InChI is InChI=1S/C26H22ClN3O2S2/c1-15(31)28-19-12-8-16(9-13-19)21(32)14-33-25-23-20-4-2-3-5-22(20)34-26(23)30-24(29-25)17-6-10-18(27)11-7-17/h6-13H,2-5,14H2,1H3,(H,28,31). The van der Waals surface area contributed by atoms with Crippen molar-refractivity contribution in [2.75, 3.05) is 11.1 Å². The van der Waals surface area contributed by atoms with Crippen molar-refractivity contribution in [3.05, 3.63) is 69.6 Å². The summed E-state index contributed by atoms with van der Waals surface area (Å²) in [4.78, 5) is 36.4. The molecule has 0 atom stereocenters. The number of ketones is 1. The van der Waals surface area contributed by atoms with Crippen molar-refractivity contribution >= 4 is 62.3 Å². The molecule has 1 amide bonds. The first-order valence-electron chi connectivity index (χ1n) is 11.1. The highest BCUT2D eigenvalue weighted by atomic mass is 35.5. The lowest BCUT2D eigenvalue weighted by atomic mass is 9.97. The third-order valence-corrected chi connectivity index (χ3v) is 8.16. The number of hydrogen-bond donors (Lipinski definition) is 1. The highest BCUT2D eigenvalue weighted by Crippen LogP contribution is 2.41. The van der Waals surface area contributed by atoms with E-state index in [0.717, 1.165) is 33.6 Å². The van der Waals surface area contributed by atoms with Gasteiger partial charge in [-0.25, -0.2) is 9.97 Å². The summed E-state index contributed by atoms with van der Waals surface area (Å²) < 4.78 is 0. The van der Waals surface area contributed by atoms with Gasteiger partial charge in [0.05, 0.1) is 5.75 Å². The molecule has 5 rings (SSSR count). The maximum Gasteiger partial charge on any atom is 0.221 e. The molecule has 0 unspecified atom stereocenters. The Morgan fingerprint density at radius 3 is 2.50 bits per heavy atom. The number of anilines is 1. The molecular formula is C26H22ClN3O2S2. The van der Waals surface area contributed by atoms with Crippen LogP contribution in [-0.2, 0) is 17.6 Å². The molecule has 0 bridgehead atoms. The third kappa shape index (κ3) is 4.87. The fraction of sp³-hybridized carbons (Fsp3) is 0.231. The van der Waals surface area contributed by atoms with Crippen LogP contribution in [0.4, 0.5) is 5.69 Å². The van der Waals surface area contributed by atoms with Crippen LogP contribution in [0.1, 0.15) is 40.6 Å². The first-order valence-corrected chi connectivity index (χ1v) is 13.3. The molecule has 2 aromatic carbocycles. The second-order valence-electron chi connectivity index (χ2n) is 8.22. The van der Waals surface area contributed by atoms with Crippen molar-refractivity contribution in [1.29, 1.82) is 0 Å². The zero-order valence-corrected chi connectivity index (χ0v) is 20.9. The highest BCUT2D eigenvalue weighted by Gasteiger charge is 2.22. The molecule has 172 valence electrons. The zero-order chi connectivity index (χ0) is 23.7. The van der Waals surface area contributed by atoms with Crippen LogP contribution in [0.3, 0.4) is 0 Å². The summed E-state index contributed by atoms with van der Waals surface area (Å²) in [5.74, 6) is 0.801. The number of halogens is 1. The van der Waals surface area contributed by atoms with Crippen molar-refractivity contribution in [2.45, 2.75) is 37.6 Å². The second-order valence-corrected chi connectivity index (χ2v) is 10.7. The van der Waals surface area contributed by atoms with E-state index in [1.54, 1.807) is 35.6 Å². The normalized spacial score (nSPS) is 13.0. The van der Waals surface area contributed by atoms with Gasteiger partial charge in [0.25, 0.3) is 0 Å². The lowest BCUT2D eigenvalue weighted by Crippen LogP contribution is -2.07. The van der Waals surface area contributed by atoms with E-state index >= 15 is 0 Å². The maximum absolute atomic E-state index is 12.9. The number of carbonyl (C=O) groups excluding carboxylic acids is 2. The molecule has 0 radical (unpaired) electrons. The molecule has 8 heteroatoms. The SMILES string of the molecule is CC(=O)Nc1ccc(C(=O)CSc2nc(-c3ccc(Cl)cc3)nc3sc4c(c23)CCCC4)cc1. The molecule has 0 aliphatic heterocycles. The molecule has 0 fully saturated rings. The van der Waals surface area contributed by atoms with Crippen LogP contribution in [0.25, 0.3) is 21.6 Å². The van der Waals surface area contributed by atoms with Crippen LogP contribution in [0.2, 0.25) is 5.02 Å². The van der Waals surface area contributed by atoms with Gasteiger partial charge in [0.1, 0.15) is 9.86 Å². The number of carbonyl (C=O) groups is 2. The topological polar surface area (TPSA) is 72.0 Å². The molecule has 0 spiro atoms. The molecule has 1 N–H and O–H groups in total. The van der Waals surface area contributed by atoms with Crippen LogP contribution in [0, 0.1) is 0 Å². The van der Waals surface area contributed by atoms with Crippen molar-refractivity contribution in [3.63, 3.8) is 0 Å². The Bertz CT molecular complexity index is 1380. The lowest BCUT2D eigenvalue weighted by Gasteiger charge is -2.12. The van der Waals surface area contributed by atoms with E-state index in [9.17, 15) is 9.59 Å². The smallest absolute Gasteiger partial charge is 0.221 e. The Kier molecular flexibility index (Phi) is 6.68. The van der Waals surface area contributed by atoms with Gasteiger partial charge in [0, 0.05) is 39.0 Å². The Balaban J connectivity index is 1.46. The summed E-state index contributed by atoms with van der Waals surface area (Å²) in [6, 6.07) is 14.5. The predicted molar refractivity (Wildman–Crippen MR) is 140 cm³/mol. The number of fused-ring (bicyclic) bond motifs is 3. The fourth-order valence-corrected chi connectivity index (χ4v) is 6.52. The van der Waals surface area contributed by atoms with E-state index in [1.807, 2.05) is 24.3 Å². The van der Waals surface area contributed by atoms with E-state index in [1.165, 1.54) is 42.0 Å². The van der Waals surface area contributed by atoms with Gasteiger partial charge in [0.2, 0.25) is 5.91 Å². The summed E-state index contributed by atoms with van der Waals surface area (Å²) >= 11 is 9.29. The Morgan fingerprint density at radius 2 is 1.76 bits per heavy atom. The molecule has 0 saturated carbocycles. The first kappa shape index (κ1) is 23.0. The average molecular weight is 508 g/mol. The molecule has 1 aliphatic carbocycles. The van der Waals surface area contributed by atoms with Crippen molar-refractivity contribution in [2.24, 2.45) is 0 Å². The molecule has 34 heavy (non-hydrogen) atoms. The van der Waals surface area contributed by atoms with E-state index in [0.29, 0.717) is 22.1 Å². The van der Waals surface area contributed by atoms with E-state index in [2.05, 4.69) is 5.32 Å². The van der Waals surface area contributed by atoms with Gasteiger partial charge in [-0.15, -0.1) is 11.3 Å². The molecule has 2 aromatic heterocycles. The maximum atomic E-state index is 12.9. The van der Waals surface area contributed by atoms with Gasteiger partial charge in [0.15, 0.2) is 11.6 Å². The number of hydrogen-bond acceptors (Lipinski definition) is 6. The van der Waals surface area contributed by atoms with Gasteiger partial charge in [-0.05, 0) is 79.8 Å². The number of aromatic nitrogens is 2. The fourth-order valence-electron chi connectivity index (χ4n) is 4.12. The summed E-state index contributed by atoms with van der Waals surface area (Å²) in [7, 11) is 0. The third-order valence-electron chi connectivity index (χ3n) is 5.75. The zero-order valence-electron chi connectivity index (χ0n) is 18.6. The molecule has 1 aliphatic rings. The minimum atomic E-state index is -0.141. The summed E-state index contributed by atoms with van der Waals surface area (Å²) in [6.07, 6.45) is 4.48. The Morgan fingerprint density at radius 1 is 1.03 bits per heavy atom. The van der Waals surface area contributed by atoms with Gasteiger partial charge in [-0.1, -0.05) is 23.4 Å². The number of thioether (sulfide) groups is 1. The van der Waals surface area contributed by atoms with Gasteiger partial charge < -0.3 is 5.32 Å². The van der Waals surface area contributed by atoms with Crippen molar-refractivity contribution in [3.8, 4) is 11.4 Å². The largest absolute Gasteiger partial charge is 0.326 e. The predicted octanol–water partition coefficient (Wildman–Crippen LogP) is 6.82. The second kappa shape index (κ2) is 9.86. The number of nitrogens with zero attached hydrogens (tertiary/aromatic N) is 2. The summed E-state index contributed by atoms with van der Waals surface area (Å²) in [5.41, 5.74) is 3.53. The average Bonchev–Trinajstić information content (AvgIpc) is 3.21. The van der Waals surface area contributed by atoms with Crippen molar-refractivity contribution < 1.29 is 9.59 Å². The lowest BCUT2D eigenvalue weighted by molar-refractivity contribution is -0.114. The van der Waals surface area contributed by atoms with E-state index in [-0.39, 0.29) is 17.4 Å². The quantitative estimate of drug-likeness (QED) is 0.176. The van der Waals surface area contributed by atoms with E-state index in [4.69, 9.17) is 21.6 Å². The van der Waals surface area contributed by atoms with Gasteiger partial charge in [-0.3, -0.25) is 9.59 Å². The number of Topliss-reactive ketones (excluding diaryl/α,β-unsaturated/α-hetero) is 1. The number of nitrogens with one attached hydrogen (secondary N) is 1.